The highest BCUT2D eigenvalue weighted by Crippen LogP contribution is 2.12. The Bertz CT molecular complexity index is 246. The molecule has 0 amide bonds. The number of rotatable bonds is 3. The summed E-state index contributed by atoms with van der Waals surface area (Å²) in [6, 6.07) is 7.62. The molecule has 0 spiro atoms. The third kappa shape index (κ3) is 1.97. The van der Waals surface area contributed by atoms with Crippen LogP contribution in [0.5, 0.6) is 5.75 Å². The van der Waals surface area contributed by atoms with Crippen LogP contribution in [-0.4, -0.2) is 0 Å². The van der Waals surface area contributed by atoms with Crippen LogP contribution in [0.1, 0.15) is 5.56 Å². The van der Waals surface area contributed by atoms with Gasteiger partial charge in [-0.05, 0) is 17.7 Å². The summed E-state index contributed by atoms with van der Waals surface area (Å²) in [5.74, 6) is 0.797. The van der Waals surface area contributed by atoms with Gasteiger partial charge in [-0.3, -0.25) is 0 Å². The van der Waals surface area contributed by atoms with E-state index in [2.05, 4.69) is 13.2 Å². The number of ether oxygens (including phenoxy) is 1. The Morgan fingerprint density at radius 3 is 2.18 bits per heavy atom. The number of hydrogen-bond donors (Lipinski definition) is 0. The average Bonchev–Trinajstić information content (AvgIpc) is 2.07. The van der Waals surface area contributed by atoms with Crippen LogP contribution < -0.4 is 4.74 Å². The topological polar surface area (TPSA) is 9.23 Å². The highest BCUT2D eigenvalue weighted by atomic mass is 16.5. The van der Waals surface area contributed by atoms with Crippen molar-refractivity contribution in [2.24, 2.45) is 0 Å². The Kier molecular flexibility index (Phi) is 2.50. The lowest BCUT2D eigenvalue weighted by Crippen LogP contribution is -1.79. The molecule has 1 heteroatoms. The van der Waals surface area contributed by atoms with Crippen LogP contribution in [0, 0.1) is 0 Å². The molecule has 1 aromatic rings. The van der Waals surface area contributed by atoms with Crippen molar-refractivity contribution in [2.75, 3.05) is 0 Å². The molecular weight excluding hydrogens is 136 g/mol. The maximum atomic E-state index is 5.03. The van der Waals surface area contributed by atoms with Crippen molar-refractivity contribution >= 4 is 6.08 Å². The standard InChI is InChI=1S/C10H10O/c1-3-9-5-7-10(8-6-9)11-4-2/h3-8H,1-2H2. The summed E-state index contributed by atoms with van der Waals surface area (Å²) in [6.07, 6.45) is 3.20. The van der Waals surface area contributed by atoms with Gasteiger partial charge in [-0.1, -0.05) is 31.4 Å². The molecule has 0 bridgehead atoms. The van der Waals surface area contributed by atoms with E-state index in [-0.39, 0.29) is 0 Å². The largest absolute Gasteiger partial charge is 0.466 e. The first-order valence-electron chi connectivity index (χ1n) is 3.37. The van der Waals surface area contributed by atoms with E-state index in [4.69, 9.17) is 4.74 Å². The molecule has 1 aromatic carbocycles. The summed E-state index contributed by atoms with van der Waals surface area (Å²) in [4.78, 5) is 0. The maximum absolute atomic E-state index is 5.03. The third-order valence-electron chi connectivity index (χ3n) is 1.34. The smallest absolute Gasteiger partial charge is 0.126 e. The van der Waals surface area contributed by atoms with Crippen LogP contribution in [-0.2, 0) is 0 Å². The number of hydrogen-bond acceptors (Lipinski definition) is 1. The lowest BCUT2D eigenvalue weighted by molar-refractivity contribution is 0.483. The molecule has 1 rings (SSSR count). The Hall–Kier alpha value is -1.50. The Balaban J connectivity index is 2.81. The van der Waals surface area contributed by atoms with Gasteiger partial charge in [-0.25, -0.2) is 0 Å². The lowest BCUT2D eigenvalue weighted by atomic mass is 10.2. The molecule has 0 aliphatic heterocycles. The van der Waals surface area contributed by atoms with E-state index in [0.717, 1.165) is 11.3 Å². The summed E-state index contributed by atoms with van der Waals surface area (Å²) in [7, 11) is 0. The third-order valence-corrected chi connectivity index (χ3v) is 1.34. The van der Waals surface area contributed by atoms with E-state index < -0.39 is 0 Å². The van der Waals surface area contributed by atoms with Gasteiger partial charge < -0.3 is 4.74 Å². The summed E-state index contributed by atoms with van der Waals surface area (Å²) in [6.45, 7) is 7.10. The highest BCUT2D eigenvalue weighted by molar-refractivity contribution is 5.48. The molecule has 0 heterocycles. The molecule has 0 fully saturated rings. The van der Waals surface area contributed by atoms with Crippen molar-refractivity contribution in [3.63, 3.8) is 0 Å². The Morgan fingerprint density at radius 2 is 1.73 bits per heavy atom. The zero-order chi connectivity index (χ0) is 8.10. The Labute approximate surface area is 66.6 Å². The van der Waals surface area contributed by atoms with Gasteiger partial charge in [-0.15, -0.1) is 0 Å². The van der Waals surface area contributed by atoms with E-state index in [9.17, 15) is 0 Å². The second-order valence-corrected chi connectivity index (χ2v) is 2.06. The Morgan fingerprint density at radius 1 is 1.09 bits per heavy atom. The van der Waals surface area contributed by atoms with E-state index >= 15 is 0 Å². The van der Waals surface area contributed by atoms with Gasteiger partial charge in [0.15, 0.2) is 0 Å². The van der Waals surface area contributed by atoms with Gasteiger partial charge in [0.1, 0.15) is 5.75 Å². The molecule has 0 aliphatic carbocycles. The second kappa shape index (κ2) is 3.62. The first-order chi connectivity index (χ1) is 5.36. The van der Waals surface area contributed by atoms with Crippen LogP contribution in [0.2, 0.25) is 0 Å². The van der Waals surface area contributed by atoms with Gasteiger partial charge in [0, 0.05) is 0 Å². The van der Waals surface area contributed by atoms with E-state index in [1.165, 1.54) is 6.26 Å². The van der Waals surface area contributed by atoms with Crippen molar-refractivity contribution in [2.45, 2.75) is 0 Å². The zero-order valence-electron chi connectivity index (χ0n) is 6.29. The lowest BCUT2D eigenvalue weighted by Gasteiger charge is -1.98. The van der Waals surface area contributed by atoms with Crippen LogP contribution >= 0.6 is 0 Å². The second-order valence-electron chi connectivity index (χ2n) is 2.06. The molecule has 0 radical (unpaired) electrons. The minimum Gasteiger partial charge on any atom is -0.466 e. The first-order valence-corrected chi connectivity index (χ1v) is 3.37. The predicted octanol–water partition coefficient (Wildman–Crippen LogP) is 2.85. The quantitative estimate of drug-likeness (QED) is 0.596. The maximum Gasteiger partial charge on any atom is 0.126 e. The predicted molar refractivity (Wildman–Crippen MR) is 47.4 cm³/mol. The van der Waals surface area contributed by atoms with Crippen molar-refractivity contribution in [1.29, 1.82) is 0 Å². The molecule has 1 nitrogen and oxygen atoms in total. The molecule has 0 aromatic heterocycles. The fourth-order valence-electron chi connectivity index (χ4n) is 0.779. The van der Waals surface area contributed by atoms with Gasteiger partial charge >= 0.3 is 0 Å². The van der Waals surface area contributed by atoms with Crippen LogP contribution in [0.25, 0.3) is 6.08 Å². The minimum atomic E-state index is 0.797. The van der Waals surface area contributed by atoms with Crippen molar-refractivity contribution in [3.05, 3.63) is 49.2 Å². The van der Waals surface area contributed by atoms with Crippen molar-refractivity contribution in [1.82, 2.24) is 0 Å². The molecule has 0 aliphatic rings. The fourth-order valence-corrected chi connectivity index (χ4v) is 0.779. The van der Waals surface area contributed by atoms with Crippen molar-refractivity contribution in [3.8, 4) is 5.75 Å². The molecule has 0 saturated heterocycles. The summed E-state index contributed by atoms with van der Waals surface area (Å²) >= 11 is 0. The van der Waals surface area contributed by atoms with Crippen molar-refractivity contribution < 1.29 is 4.74 Å². The van der Waals surface area contributed by atoms with Gasteiger partial charge in [0.05, 0.1) is 6.26 Å². The summed E-state index contributed by atoms with van der Waals surface area (Å²) < 4.78 is 5.03. The SMILES string of the molecule is C=COc1ccc(C=C)cc1. The highest BCUT2D eigenvalue weighted by Gasteiger charge is 1.88. The fraction of sp³-hybridized carbons (Fsp3) is 0. The molecule has 56 valence electrons. The van der Waals surface area contributed by atoms with Crippen LogP contribution in [0.15, 0.2) is 43.7 Å². The normalized spacial score (nSPS) is 8.73. The summed E-state index contributed by atoms with van der Waals surface area (Å²) in [5, 5.41) is 0. The van der Waals surface area contributed by atoms with Crippen LogP contribution in [0.4, 0.5) is 0 Å². The van der Waals surface area contributed by atoms with Gasteiger partial charge in [-0.2, -0.15) is 0 Å². The van der Waals surface area contributed by atoms with E-state index in [1.54, 1.807) is 6.08 Å². The molecular formula is C10H10O. The van der Waals surface area contributed by atoms with Crippen LogP contribution in [0.3, 0.4) is 0 Å². The van der Waals surface area contributed by atoms with E-state index in [1.807, 2.05) is 24.3 Å². The van der Waals surface area contributed by atoms with Gasteiger partial charge in [0.2, 0.25) is 0 Å². The molecule has 0 atom stereocenters. The molecule has 0 saturated carbocycles. The van der Waals surface area contributed by atoms with E-state index in [0.29, 0.717) is 0 Å². The minimum absolute atomic E-state index is 0.797. The van der Waals surface area contributed by atoms with Gasteiger partial charge in [0.25, 0.3) is 0 Å². The molecule has 0 N–H and O–H groups in total. The average molecular weight is 146 g/mol. The first kappa shape index (κ1) is 7.61. The zero-order valence-corrected chi connectivity index (χ0v) is 6.29. The number of benzene rings is 1. The summed E-state index contributed by atoms with van der Waals surface area (Å²) in [5.41, 5.74) is 1.08. The monoisotopic (exact) mass is 146 g/mol. The molecule has 11 heavy (non-hydrogen) atoms. The molecule has 0 unspecified atom stereocenters.